The standard InChI is InChI=1S/C29H36F2N6O2/c1-20(2)35-5-4-6-37(8-7-35)29(38)22-15-25-28(33-27(18-32-25)36-9-11-39-12-10-36)26(16-22)34(3)19-21-13-23(30)17-24(31)14-21/h13-18,20H,4-12,19H2,1-3H3. The first kappa shape index (κ1) is 27.2. The molecule has 0 spiro atoms. The molecule has 2 fully saturated rings. The molecule has 2 aliphatic rings. The molecular weight excluding hydrogens is 502 g/mol. The Balaban J connectivity index is 1.51. The van der Waals surface area contributed by atoms with Crippen molar-refractivity contribution in [3.8, 4) is 0 Å². The summed E-state index contributed by atoms with van der Waals surface area (Å²) in [5, 5.41) is 0. The lowest BCUT2D eigenvalue weighted by Gasteiger charge is -2.28. The molecule has 0 bridgehead atoms. The molecule has 208 valence electrons. The van der Waals surface area contributed by atoms with Gasteiger partial charge in [0, 0.05) is 70.5 Å². The zero-order chi connectivity index (χ0) is 27.5. The highest BCUT2D eigenvalue weighted by atomic mass is 19.1. The molecular formula is C29H36F2N6O2. The lowest BCUT2D eigenvalue weighted by molar-refractivity contribution is 0.0759. The lowest BCUT2D eigenvalue weighted by Crippen LogP contribution is -2.37. The Morgan fingerprint density at radius 3 is 2.46 bits per heavy atom. The fourth-order valence-corrected chi connectivity index (χ4v) is 5.35. The number of halogens is 2. The van der Waals surface area contributed by atoms with Gasteiger partial charge in [0.2, 0.25) is 0 Å². The first-order valence-corrected chi connectivity index (χ1v) is 13.6. The Bertz CT molecular complexity index is 1310. The molecule has 3 aromatic rings. The number of benzene rings is 2. The van der Waals surface area contributed by atoms with Crippen LogP contribution in [-0.4, -0.2) is 91.2 Å². The molecule has 0 aliphatic carbocycles. The van der Waals surface area contributed by atoms with E-state index in [0.717, 1.165) is 31.4 Å². The molecule has 0 saturated carbocycles. The van der Waals surface area contributed by atoms with Crippen molar-refractivity contribution in [1.29, 1.82) is 0 Å². The van der Waals surface area contributed by atoms with Crippen LogP contribution in [0.2, 0.25) is 0 Å². The fourth-order valence-electron chi connectivity index (χ4n) is 5.35. The van der Waals surface area contributed by atoms with Gasteiger partial charge in [-0.1, -0.05) is 0 Å². The van der Waals surface area contributed by atoms with Gasteiger partial charge >= 0.3 is 0 Å². The summed E-state index contributed by atoms with van der Waals surface area (Å²) in [5.74, 6) is -0.568. The number of aromatic nitrogens is 2. The summed E-state index contributed by atoms with van der Waals surface area (Å²) in [4.78, 5) is 31.7. The number of anilines is 2. The van der Waals surface area contributed by atoms with E-state index < -0.39 is 11.6 Å². The van der Waals surface area contributed by atoms with Gasteiger partial charge in [-0.3, -0.25) is 14.7 Å². The van der Waals surface area contributed by atoms with E-state index in [2.05, 4.69) is 23.6 Å². The van der Waals surface area contributed by atoms with E-state index >= 15 is 0 Å². The summed E-state index contributed by atoms with van der Waals surface area (Å²) in [7, 11) is 1.83. The maximum absolute atomic E-state index is 13.9. The predicted octanol–water partition coefficient (Wildman–Crippen LogP) is 3.94. The topological polar surface area (TPSA) is 65.0 Å². The molecule has 1 aromatic heterocycles. The molecule has 5 rings (SSSR count). The van der Waals surface area contributed by atoms with Crippen LogP contribution in [0.15, 0.2) is 36.5 Å². The second-order valence-electron chi connectivity index (χ2n) is 10.6. The summed E-state index contributed by atoms with van der Waals surface area (Å²) < 4.78 is 33.3. The van der Waals surface area contributed by atoms with E-state index in [1.165, 1.54) is 12.1 Å². The zero-order valence-electron chi connectivity index (χ0n) is 22.9. The summed E-state index contributed by atoms with van der Waals surface area (Å²) >= 11 is 0. The monoisotopic (exact) mass is 538 g/mol. The molecule has 3 heterocycles. The van der Waals surface area contributed by atoms with Gasteiger partial charge in [-0.05, 0) is 50.1 Å². The molecule has 0 N–H and O–H groups in total. The second kappa shape index (κ2) is 11.8. The largest absolute Gasteiger partial charge is 0.378 e. The molecule has 1 amide bonds. The van der Waals surface area contributed by atoms with Crippen molar-refractivity contribution in [3.05, 3.63) is 59.3 Å². The summed E-state index contributed by atoms with van der Waals surface area (Å²) in [5.41, 5.74) is 2.93. The van der Waals surface area contributed by atoms with Crippen LogP contribution < -0.4 is 9.80 Å². The number of carbonyl (C=O) groups is 1. The molecule has 0 atom stereocenters. The first-order chi connectivity index (χ1) is 18.8. The molecule has 2 saturated heterocycles. The van der Waals surface area contributed by atoms with Crippen LogP contribution in [0.25, 0.3) is 11.0 Å². The van der Waals surface area contributed by atoms with Crippen molar-refractivity contribution < 1.29 is 18.3 Å². The number of ether oxygens (including phenoxy) is 1. The van der Waals surface area contributed by atoms with E-state index in [1.807, 2.05) is 22.9 Å². The molecule has 39 heavy (non-hydrogen) atoms. The highest BCUT2D eigenvalue weighted by Gasteiger charge is 2.24. The van der Waals surface area contributed by atoms with Crippen LogP contribution in [0, 0.1) is 11.6 Å². The fraction of sp³-hybridized carbons (Fsp3) is 0.483. The average molecular weight is 539 g/mol. The van der Waals surface area contributed by atoms with Crippen molar-refractivity contribution in [1.82, 2.24) is 19.8 Å². The number of rotatable bonds is 6. The van der Waals surface area contributed by atoms with Gasteiger partial charge in [0.1, 0.15) is 23.0 Å². The smallest absolute Gasteiger partial charge is 0.254 e. The van der Waals surface area contributed by atoms with Crippen LogP contribution >= 0.6 is 0 Å². The minimum Gasteiger partial charge on any atom is -0.378 e. The summed E-state index contributed by atoms with van der Waals surface area (Å²) in [6.45, 7) is 10.4. The van der Waals surface area contributed by atoms with Crippen LogP contribution in [-0.2, 0) is 11.3 Å². The predicted molar refractivity (Wildman–Crippen MR) is 148 cm³/mol. The first-order valence-electron chi connectivity index (χ1n) is 13.6. The van der Waals surface area contributed by atoms with E-state index in [1.54, 1.807) is 12.3 Å². The van der Waals surface area contributed by atoms with Gasteiger partial charge in [0.15, 0.2) is 0 Å². The van der Waals surface area contributed by atoms with Crippen molar-refractivity contribution in [3.63, 3.8) is 0 Å². The molecule has 0 radical (unpaired) electrons. The minimum absolute atomic E-state index is 0.0481. The van der Waals surface area contributed by atoms with E-state index in [-0.39, 0.29) is 12.5 Å². The Hall–Kier alpha value is -3.37. The molecule has 10 heteroatoms. The average Bonchev–Trinajstić information content (AvgIpc) is 3.18. The van der Waals surface area contributed by atoms with Gasteiger partial charge < -0.3 is 19.4 Å². The van der Waals surface area contributed by atoms with Crippen molar-refractivity contribution in [2.24, 2.45) is 0 Å². The van der Waals surface area contributed by atoms with Crippen LogP contribution in [0.3, 0.4) is 0 Å². The zero-order valence-corrected chi connectivity index (χ0v) is 22.9. The quantitative estimate of drug-likeness (QED) is 0.471. The number of hydrogen-bond donors (Lipinski definition) is 0. The van der Waals surface area contributed by atoms with Gasteiger partial charge in [-0.2, -0.15) is 0 Å². The number of morpholine rings is 1. The highest BCUT2D eigenvalue weighted by molar-refractivity contribution is 6.01. The Morgan fingerprint density at radius 1 is 1.00 bits per heavy atom. The van der Waals surface area contributed by atoms with E-state index in [0.29, 0.717) is 73.3 Å². The highest BCUT2D eigenvalue weighted by Crippen LogP contribution is 2.30. The maximum Gasteiger partial charge on any atom is 0.254 e. The van der Waals surface area contributed by atoms with Gasteiger partial charge in [-0.25, -0.2) is 13.8 Å². The normalized spacial score (nSPS) is 17.1. The Labute approximate surface area is 228 Å². The summed E-state index contributed by atoms with van der Waals surface area (Å²) in [6, 6.07) is 7.57. The molecule has 2 aliphatic heterocycles. The van der Waals surface area contributed by atoms with Crippen molar-refractivity contribution >= 4 is 28.4 Å². The van der Waals surface area contributed by atoms with E-state index in [9.17, 15) is 13.6 Å². The molecule has 8 nitrogen and oxygen atoms in total. The minimum atomic E-state index is -0.627. The third-order valence-corrected chi connectivity index (χ3v) is 7.50. The van der Waals surface area contributed by atoms with Crippen molar-refractivity contribution in [2.45, 2.75) is 32.9 Å². The number of fused-ring (bicyclic) bond motifs is 1. The Kier molecular flexibility index (Phi) is 8.23. The molecule has 0 unspecified atom stereocenters. The lowest BCUT2D eigenvalue weighted by atomic mass is 10.1. The van der Waals surface area contributed by atoms with Crippen molar-refractivity contribution in [2.75, 3.05) is 69.3 Å². The van der Waals surface area contributed by atoms with Crippen LogP contribution in [0.1, 0.15) is 36.2 Å². The van der Waals surface area contributed by atoms with Gasteiger partial charge in [0.25, 0.3) is 5.91 Å². The van der Waals surface area contributed by atoms with Gasteiger partial charge in [-0.15, -0.1) is 0 Å². The van der Waals surface area contributed by atoms with Crippen LogP contribution in [0.5, 0.6) is 0 Å². The summed E-state index contributed by atoms with van der Waals surface area (Å²) in [6.07, 6.45) is 2.65. The maximum atomic E-state index is 13.9. The Morgan fingerprint density at radius 2 is 1.74 bits per heavy atom. The number of carbonyl (C=O) groups excluding carboxylic acids is 1. The SMILES string of the molecule is CC(C)N1CCCN(C(=O)c2cc(N(C)Cc3cc(F)cc(F)c3)c3nc(N4CCOCC4)cnc3c2)CC1. The van der Waals surface area contributed by atoms with Gasteiger partial charge in [0.05, 0.1) is 30.6 Å². The third-order valence-electron chi connectivity index (χ3n) is 7.50. The van der Waals surface area contributed by atoms with Crippen LogP contribution in [0.4, 0.5) is 20.3 Å². The third kappa shape index (κ3) is 6.28. The number of amides is 1. The van der Waals surface area contributed by atoms with E-state index in [4.69, 9.17) is 14.7 Å². The molecule has 2 aromatic carbocycles. The number of nitrogens with zero attached hydrogens (tertiary/aromatic N) is 6. The number of hydrogen-bond acceptors (Lipinski definition) is 7. The second-order valence-corrected chi connectivity index (χ2v) is 10.6.